The Morgan fingerprint density at radius 3 is 2.35 bits per heavy atom. The van der Waals surface area contributed by atoms with Crippen LogP contribution in [-0.4, -0.2) is 17.7 Å². The number of benzene rings is 1. The molecule has 1 N–H and O–H groups in total. The van der Waals surface area contributed by atoms with Crippen molar-refractivity contribution in [3.05, 3.63) is 35.5 Å². The number of hydrogen-bond acceptors (Lipinski definition) is 1. The van der Waals surface area contributed by atoms with E-state index in [9.17, 15) is 0 Å². The Balaban J connectivity index is 0.000000514. The highest BCUT2D eigenvalue weighted by Gasteiger charge is 2.19. The molecule has 0 unspecified atom stereocenters. The highest BCUT2D eigenvalue weighted by molar-refractivity contribution is 5.82. The molecule has 1 fully saturated rings. The minimum Gasteiger partial charge on any atom is -0.342 e. The standard InChI is InChI=1S/C13H16N2.C2H6/c1-9-5-11-3-4-15(12-7-14-8-12)13(11)6-10(9)2;1-2/h3-6,12,14H,7-8H2,1-2H3;1-2H3. The molecule has 1 saturated heterocycles. The Labute approximate surface area is 104 Å². The summed E-state index contributed by atoms with van der Waals surface area (Å²) in [6, 6.07) is 7.47. The van der Waals surface area contributed by atoms with Crippen molar-refractivity contribution >= 4 is 10.9 Å². The van der Waals surface area contributed by atoms with Crippen LogP contribution in [0.2, 0.25) is 0 Å². The molecule has 0 spiro atoms. The lowest BCUT2D eigenvalue weighted by atomic mass is 10.1. The summed E-state index contributed by atoms with van der Waals surface area (Å²) in [5.74, 6) is 0. The van der Waals surface area contributed by atoms with Gasteiger partial charge in [0, 0.05) is 24.8 Å². The van der Waals surface area contributed by atoms with Crippen LogP contribution >= 0.6 is 0 Å². The third-order valence-electron chi connectivity index (χ3n) is 3.49. The topological polar surface area (TPSA) is 17.0 Å². The van der Waals surface area contributed by atoms with E-state index >= 15 is 0 Å². The van der Waals surface area contributed by atoms with Crippen LogP contribution in [0.25, 0.3) is 10.9 Å². The lowest BCUT2D eigenvalue weighted by Gasteiger charge is -2.29. The molecule has 0 amide bonds. The van der Waals surface area contributed by atoms with Gasteiger partial charge in [-0.1, -0.05) is 13.8 Å². The second kappa shape index (κ2) is 4.92. The Hall–Kier alpha value is -1.28. The SMILES string of the molecule is CC.Cc1cc2ccn(C3CNC3)c2cc1C. The first-order valence-electron chi connectivity index (χ1n) is 6.54. The minimum absolute atomic E-state index is 0.657. The largest absolute Gasteiger partial charge is 0.342 e. The van der Waals surface area contributed by atoms with E-state index in [0.29, 0.717) is 6.04 Å². The molecule has 1 aromatic carbocycles. The van der Waals surface area contributed by atoms with Crippen molar-refractivity contribution in [2.75, 3.05) is 13.1 Å². The molecule has 2 heteroatoms. The van der Waals surface area contributed by atoms with Crippen molar-refractivity contribution in [3.63, 3.8) is 0 Å². The van der Waals surface area contributed by atoms with E-state index in [-0.39, 0.29) is 0 Å². The number of aryl methyl sites for hydroxylation is 2. The van der Waals surface area contributed by atoms with Gasteiger partial charge in [-0.2, -0.15) is 0 Å². The molecule has 0 saturated carbocycles. The molecule has 17 heavy (non-hydrogen) atoms. The normalized spacial score (nSPS) is 15.3. The van der Waals surface area contributed by atoms with Crippen LogP contribution in [0.1, 0.15) is 31.0 Å². The molecule has 0 aliphatic carbocycles. The van der Waals surface area contributed by atoms with Gasteiger partial charge in [0.2, 0.25) is 0 Å². The third-order valence-corrected chi connectivity index (χ3v) is 3.49. The molecule has 1 aromatic heterocycles. The molecule has 2 aromatic rings. The quantitative estimate of drug-likeness (QED) is 0.794. The maximum absolute atomic E-state index is 3.32. The van der Waals surface area contributed by atoms with Crippen molar-refractivity contribution in [2.24, 2.45) is 0 Å². The summed E-state index contributed by atoms with van der Waals surface area (Å²) in [5, 5.41) is 4.69. The molecular formula is C15H22N2. The van der Waals surface area contributed by atoms with Crippen LogP contribution in [0.5, 0.6) is 0 Å². The number of fused-ring (bicyclic) bond motifs is 1. The summed E-state index contributed by atoms with van der Waals surface area (Å²) < 4.78 is 2.40. The Kier molecular flexibility index (Phi) is 3.53. The van der Waals surface area contributed by atoms with E-state index in [0.717, 1.165) is 13.1 Å². The van der Waals surface area contributed by atoms with Crippen LogP contribution < -0.4 is 5.32 Å². The summed E-state index contributed by atoms with van der Waals surface area (Å²) >= 11 is 0. The van der Waals surface area contributed by atoms with E-state index in [1.807, 2.05) is 13.8 Å². The molecule has 2 heterocycles. The zero-order chi connectivity index (χ0) is 12.4. The van der Waals surface area contributed by atoms with Gasteiger partial charge in [0.1, 0.15) is 0 Å². The Morgan fingerprint density at radius 2 is 1.76 bits per heavy atom. The second-order valence-corrected chi connectivity index (χ2v) is 4.53. The third kappa shape index (κ3) is 2.09. The molecule has 2 nitrogen and oxygen atoms in total. The highest BCUT2D eigenvalue weighted by atomic mass is 15.1. The van der Waals surface area contributed by atoms with Crippen LogP contribution in [0.4, 0.5) is 0 Å². The van der Waals surface area contributed by atoms with Crippen LogP contribution in [0, 0.1) is 13.8 Å². The van der Waals surface area contributed by atoms with Crippen LogP contribution in [-0.2, 0) is 0 Å². The average Bonchev–Trinajstić information content (AvgIpc) is 2.64. The van der Waals surface area contributed by atoms with Crippen molar-refractivity contribution in [3.8, 4) is 0 Å². The van der Waals surface area contributed by atoms with Gasteiger partial charge >= 0.3 is 0 Å². The summed E-state index contributed by atoms with van der Waals surface area (Å²) in [4.78, 5) is 0. The lowest BCUT2D eigenvalue weighted by Crippen LogP contribution is -2.43. The van der Waals surface area contributed by atoms with Gasteiger partial charge in [-0.15, -0.1) is 0 Å². The predicted octanol–water partition coefficient (Wildman–Crippen LogP) is 3.43. The molecule has 0 bridgehead atoms. The number of aromatic nitrogens is 1. The number of nitrogens with one attached hydrogen (secondary N) is 1. The first kappa shape index (κ1) is 12.2. The van der Waals surface area contributed by atoms with Crippen LogP contribution in [0.15, 0.2) is 24.4 Å². The highest BCUT2D eigenvalue weighted by Crippen LogP contribution is 2.25. The van der Waals surface area contributed by atoms with Gasteiger partial charge in [0.25, 0.3) is 0 Å². The summed E-state index contributed by atoms with van der Waals surface area (Å²) in [6.07, 6.45) is 2.22. The zero-order valence-corrected chi connectivity index (χ0v) is 11.2. The van der Waals surface area contributed by atoms with Crippen molar-refractivity contribution < 1.29 is 0 Å². The molecule has 0 atom stereocenters. The smallest absolute Gasteiger partial charge is 0.0585 e. The first-order valence-corrected chi connectivity index (χ1v) is 6.54. The van der Waals surface area contributed by atoms with Gasteiger partial charge in [-0.3, -0.25) is 0 Å². The van der Waals surface area contributed by atoms with Crippen molar-refractivity contribution in [1.82, 2.24) is 9.88 Å². The number of nitrogens with zero attached hydrogens (tertiary/aromatic N) is 1. The molecule has 0 radical (unpaired) electrons. The fourth-order valence-electron chi connectivity index (χ4n) is 2.21. The molecular weight excluding hydrogens is 208 g/mol. The summed E-state index contributed by atoms with van der Waals surface area (Å²) in [6.45, 7) is 10.6. The number of rotatable bonds is 1. The monoisotopic (exact) mass is 230 g/mol. The first-order chi connectivity index (χ1) is 8.25. The minimum atomic E-state index is 0.657. The summed E-state index contributed by atoms with van der Waals surface area (Å²) in [7, 11) is 0. The maximum atomic E-state index is 3.32. The average molecular weight is 230 g/mol. The molecule has 92 valence electrons. The van der Waals surface area contributed by atoms with Crippen molar-refractivity contribution in [1.29, 1.82) is 0 Å². The van der Waals surface area contributed by atoms with E-state index in [2.05, 4.69) is 48.1 Å². The molecule has 1 aliphatic rings. The predicted molar refractivity (Wildman–Crippen MR) is 74.7 cm³/mol. The van der Waals surface area contributed by atoms with E-state index in [4.69, 9.17) is 0 Å². The van der Waals surface area contributed by atoms with E-state index in [1.54, 1.807) is 0 Å². The summed E-state index contributed by atoms with van der Waals surface area (Å²) in [5.41, 5.74) is 4.14. The van der Waals surface area contributed by atoms with Gasteiger partial charge in [0.05, 0.1) is 6.04 Å². The van der Waals surface area contributed by atoms with E-state index < -0.39 is 0 Å². The van der Waals surface area contributed by atoms with Crippen LogP contribution in [0.3, 0.4) is 0 Å². The lowest BCUT2D eigenvalue weighted by molar-refractivity contribution is 0.352. The fourth-order valence-corrected chi connectivity index (χ4v) is 2.21. The van der Waals surface area contributed by atoms with Gasteiger partial charge < -0.3 is 9.88 Å². The Morgan fingerprint density at radius 1 is 1.12 bits per heavy atom. The number of hydrogen-bond donors (Lipinski definition) is 1. The van der Waals surface area contributed by atoms with Gasteiger partial charge in [0.15, 0.2) is 0 Å². The molecule has 1 aliphatic heterocycles. The van der Waals surface area contributed by atoms with Gasteiger partial charge in [-0.25, -0.2) is 0 Å². The van der Waals surface area contributed by atoms with Gasteiger partial charge in [-0.05, 0) is 48.6 Å². The van der Waals surface area contributed by atoms with E-state index in [1.165, 1.54) is 22.0 Å². The second-order valence-electron chi connectivity index (χ2n) is 4.53. The zero-order valence-electron chi connectivity index (χ0n) is 11.2. The van der Waals surface area contributed by atoms with Crippen molar-refractivity contribution in [2.45, 2.75) is 33.7 Å². The fraction of sp³-hybridized carbons (Fsp3) is 0.467. The Bertz CT molecular complexity index is 507. The maximum Gasteiger partial charge on any atom is 0.0585 e. The molecule has 3 rings (SSSR count).